The Morgan fingerprint density at radius 2 is 1.82 bits per heavy atom. The number of sulfone groups is 1. The number of hydrogen-bond donors (Lipinski definition) is 1. The molecule has 0 radical (unpaired) electrons. The number of halogens is 6. The van der Waals surface area contributed by atoms with Gasteiger partial charge in [-0.05, 0) is 28.8 Å². The summed E-state index contributed by atoms with van der Waals surface area (Å²) in [6.45, 7) is 0.657. The highest BCUT2D eigenvalue weighted by Crippen LogP contribution is 2.48. The van der Waals surface area contributed by atoms with Crippen molar-refractivity contribution < 1.29 is 49.1 Å². The third-order valence-corrected chi connectivity index (χ3v) is 7.55. The second-order valence-electron chi connectivity index (χ2n) is 9.58. The van der Waals surface area contributed by atoms with E-state index in [4.69, 9.17) is 9.57 Å². The Hall–Kier alpha value is -2.97. The van der Waals surface area contributed by atoms with Crippen LogP contribution in [0, 0.1) is 0 Å². The molecule has 7 nitrogen and oxygen atoms in total. The van der Waals surface area contributed by atoms with Crippen molar-refractivity contribution >= 4 is 21.3 Å². The molecule has 2 aromatic rings. The van der Waals surface area contributed by atoms with E-state index >= 15 is 0 Å². The first-order chi connectivity index (χ1) is 17.6. The van der Waals surface area contributed by atoms with Gasteiger partial charge >= 0.3 is 12.4 Å². The number of ether oxygens (including phenoxy) is 1. The summed E-state index contributed by atoms with van der Waals surface area (Å²) in [7, 11) is -3.71. The second-order valence-corrected chi connectivity index (χ2v) is 11.7. The van der Waals surface area contributed by atoms with E-state index < -0.39 is 63.0 Å². The van der Waals surface area contributed by atoms with Crippen molar-refractivity contribution in [3.8, 4) is 0 Å². The number of rotatable bonds is 5. The summed E-state index contributed by atoms with van der Waals surface area (Å²) in [5, 5.41) is 6.63. The Balaban J connectivity index is 1.59. The van der Waals surface area contributed by atoms with Crippen LogP contribution in [0.5, 0.6) is 0 Å². The number of fused-ring (bicyclic) bond motifs is 2. The van der Waals surface area contributed by atoms with Gasteiger partial charge in [-0.2, -0.15) is 26.3 Å². The standard InChI is InChI=1S/C24H20F6N2O5S/c1-38(34,35)9-17(33)20-15-8-13(5-6-16(15)22(36-20)10-31-11-22)19-18(21(37-32-19)24(28,29)30)12-3-2-4-14(7-12)23(25,26)27/h2-8,18,20-21,31H,9-11H2,1H3/t18?,20-,21?/m1/s1. The van der Waals surface area contributed by atoms with Crippen LogP contribution >= 0.6 is 0 Å². The molecule has 3 heterocycles. The molecule has 1 N–H and O–H groups in total. The summed E-state index contributed by atoms with van der Waals surface area (Å²) < 4.78 is 111. The summed E-state index contributed by atoms with van der Waals surface area (Å²) in [5.74, 6) is -3.29. The zero-order chi connectivity index (χ0) is 27.7. The average molecular weight is 562 g/mol. The van der Waals surface area contributed by atoms with Gasteiger partial charge in [-0.3, -0.25) is 4.79 Å². The SMILES string of the molecule is CS(=O)(=O)CC(=O)[C@@H]1OC2(CNC2)c2ccc(C3=NOC(C(F)(F)F)C3c3cccc(C(F)(F)F)c3)cc21. The number of Topliss-reactive ketones (excluding diaryl/α,β-unsaturated/α-hetero) is 1. The Labute approximate surface area is 212 Å². The quantitative estimate of drug-likeness (QED) is 0.560. The fraction of sp³-hybridized carbons (Fsp3) is 0.417. The van der Waals surface area contributed by atoms with Crippen LogP contribution in [-0.4, -0.2) is 57.3 Å². The van der Waals surface area contributed by atoms with Gasteiger partial charge in [0, 0.05) is 24.9 Å². The first kappa shape index (κ1) is 26.6. The van der Waals surface area contributed by atoms with Crippen LogP contribution in [0.3, 0.4) is 0 Å². The smallest absolute Gasteiger partial charge is 0.381 e. The lowest BCUT2D eigenvalue weighted by atomic mass is 9.82. The summed E-state index contributed by atoms with van der Waals surface area (Å²) in [5.41, 5.74) is -1.73. The Morgan fingerprint density at radius 1 is 1.11 bits per heavy atom. The van der Waals surface area contributed by atoms with E-state index in [0.717, 1.165) is 24.5 Å². The van der Waals surface area contributed by atoms with Gasteiger partial charge in [0.15, 0.2) is 15.6 Å². The maximum absolute atomic E-state index is 13.9. The van der Waals surface area contributed by atoms with Crippen LogP contribution in [0.1, 0.15) is 39.8 Å². The number of nitrogens with one attached hydrogen (secondary N) is 1. The summed E-state index contributed by atoms with van der Waals surface area (Å²) in [4.78, 5) is 17.6. The van der Waals surface area contributed by atoms with Crippen LogP contribution in [0.2, 0.25) is 0 Å². The number of oxime groups is 1. The summed E-state index contributed by atoms with van der Waals surface area (Å²) >= 11 is 0. The first-order valence-corrected chi connectivity index (χ1v) is 13.4. The van der Waals surface area contributed by atoms with Gasteiger partial charge in [-0.15, -0.1) is 0 Å². The molecule has 0 amide bonds. The molecule has 3 aliphatic rings. The van der Waals surface area contributed by atoms with E-state index in [1.54, 1.807) is 6.07 Å². The Bertz CT molecular complexity index is 1430. The molecule has 1 saturated heterocycles. The minimum atomic E-state index is -4.96. The third-order valence-electron chi connectivity index (χ3n) is 6.74. The molecule has 0 aromatic heterocycles. The molecule has 38 heavy (non-hydrogen) atoms. The lowest BCUT2D eigenvalue weighted by molar-refractivity contribution is -0.216. The molecular formula is C24H20F6N2O5S. The Morgan fingerprint density at radius 3 is 2.39 bits per heavy atom. The minimum Gasteiger partial charge on any atom is -0.381 e. The number of ketones is 1. The number of nitrogens with zero attached hydrogens (tertiary/aromatic N) is 1. The summed E-state index contributed by atoms with van der Waals surface area (Å²) in [6, 6.07) is 7.86. The zero-order valence-corrected chi connectivity index (χ0v) is 20.4. The number of alkyl halides is 6. The van der Waals surface area contributed by atoms with Crippen LogP contribution < -0.4 is 5.32 Å². The van der Waals surface area contributed by atoms with Gasteiger partial charge in [-0.1, -0.05) is 35.5 Å². The van der Waals surface area contributed by atoms with Gasteiger partial charge in [0.05, 0.1) is 17.2 Å². The van der Waals surface area contributed by atoms with Crippen molar-refractivity contribution in [2.24, 2.45) is 5.16 Å². The molecule has 14 heteroatoms. The molecule has 3 aliphatic heterocycles. The predicted octanol–water partition coefficient (Wildman–Crippen LogP) is 3.64. The molecule has 0 bridgehead atoms. The molecular weight excluding hydrogens is 542 g/mol. The van der Waals surface area contributed by atoms with E-state index in [-0.39, 0.29) is 22.4 Å². The fourth-order valence-corrected chi connectivity index (χ4v) is 5.67. The maximum Gasteiger partial charge on any atom is 0.429 e. The molecule has 2 aromatic carbocycles. The molecule has 2 unspecified atom stereocenters. The van der Waals surface area contributed by atoms with E-state index in [1.807, 2.05) is 0 Å². The van der Waals surface area contributed by atoms with Crippen molar-refractivity contribution in [3.63, 3.8) is 0 Å². The minimum absolute atomic E-state index is 0.0722. The zero-order valence-electron chi connectivity index (χ0n) is 19.6. The first-order valence-electron chi connectivity index (χ1n) is 11.3. The van der Waals surface area contributed by atoms with E-state index in [2.05, 4.69) is 10.5 Å². The predicted molar refractivity (Wildman–Crippen MR) is 121 cm³/mol. The number of carbonyl (C=O) groups is 1. The largest absolute Gasteiger partial charge is 0.429 e. The van der Waals surface area contributed by atoms with Crippen LogP contribution in [0.4, 0.5) is 26.3 Å². The molecule has 0 aliphatic carbocycles. The molecule has 1 spiro atoms. The highest BCUT2D eigenvalue weighted by Gasteiger charge is 2.55. The summed E-state index contributed by atoms with van der Waals surface area (Å²) in [6.07, 6.45) is -12.7. The molecule has 5 rings (SSSR count). The van der Waals surface area contributed by atoms with Gasteiger partial charge in [0.1, 0.15) is 17.5 Å². The van der Waals surface area contributed by atoms with E-state index in [1.165, 1.54) is 12.1 Å². The van der Waals surface area contributed by atoms with E-state index in [0.29, 0.717) is 24.7 Å². The average Bonchev–Trinajstić information content (AvgIpc) is 3.37. The molecule has 204 valence electrons. The van der Waals surface area contributed by atoms with Crippen LogP contribution in [-0.2, 0) is 36.0 Å². The van der Waals surface area contributed by atoms with Crippen LogP contribution in [0.15, 0.2) is 47.6 Å². The van der Waals surface area contributed by atoms with Crippen molar-refractivity contribution in [3.05, 3.63) is 70.3 Å². The van der Waals surface area contributed by atoms with Gasteiger partial charge in [-0.25, -0.2) is 8.42 Å². The van der Waals surface area contributed by atoms with Gasteiger partial charge in [0.2, 0.25) is 6.10 Å². The van der Waals surface area contributed by atoms with Crippen molar-refractivity contribution in [1.82, 2.24) is 5.32 Å². The Kier molecular flexibility index (Phi) is 6.15. The maximum atomic E-state index is 13.9. The van der Waals surface area contributed by atoms with Gasteiger partial charge in [0.25, 0.3) is 0 Å². The normalized spacial score (nSPS) is 24.5. The highest BCUT2D eigenvalue weighted by atomic mass is 32.2. The molecule has 0 saturated carbocycles. The van der Waals surface area contributed by atoms with Crippen molar-refractivity contribution in [2.45, 2.75) is 36.1 Å². The van der Waals surface area contributed by atoms with E-state index in [9.17, 15) is 39.6 Å². The second kappa shape index (κ2) is 8.78. The number of carbonyl (C=O) groups excluding carboxylic acids is 1. The van der Waals surface area contributed by atoms with Crippen LogP contribution in [0.25, 0.3) is 0 Å². The number of benzene rings is 2. The highest BCUT2D eigenvalue weighted by molar-refractivity contribution is 7.91. The number of hydrogen-bond acceptors (Lipinski definition) is 7. The lowest BCUT2D eigenvalue weighted by Crippen LogP contribution is -2.57. The fourth-order valence-electron chi connectivity index (χ4n) is 5.00. The van der Waals surface area contributed by atoms with Crippen molar-refractivity contribution in [1.29, 1.82) is 0 Å². The van der Waals surface area contributed by atoms with Gasteiger partial charge < -0.3 is 14.9 Å². The molecule has 1 fully saturated rings. The topological polar surface area (TPSA) is 94.1 Å². The lowest BCUT2D eigenvalue weighted by Gasteiger charge is -2.39. The molecule has 3 atom stereocenters. The monoisotopic (exact) mass is 562 g/mol. The third kappa shape index (κ3) is 4.69. The van der Waals surface area contributed by atoms with Crippen molar-refractivity contribution in [2.75, 3.05) is 25.1 Å².